The van der Waals surface area contributed by atoms with Gasteiger partial charge in [-0.1, -0.05) is 41.7 Å². The highest BCUT2D eigenvalue weighted by Crippen LogP contribution is 2.32. The molecule has 27 heavy (non-hydrogen) atoms. The normalized spacial score (nSPS) is 15.1. The molecule has 144 valence electrons. The largest absolute Gasteiger partial charge is 0.443 e. The Hall–Kier alpha value is -2.45. The van der Waals surface area contributed by atoms with Crippen LogP contribution in [-0.2, 0) is 9.47 Å². The summed E-state index contributed by atoms with van der Waals surface area (Å²) in [6.45, 7) is 8.45. The first-order valence-electron chi connectivity index (χ1n) is 8.83. The first kappa shape index (κ1) is 19.3. The lowest BCUT2D eigenvalue weighted by Crippen LogP contribution is -2.36. The van der Waals surface area contributed by atoms with E-state index in [1.165, 1.54) is 0 Å². The highest BCUT2D eigenvalue weighted by molar-refractivity contribution is 7.17. The van der Waals surface area contributed by atoms with E-state index in [1.807, 2.05) is 51.1 Å². The number of anilines is 1. The molecular formula is C19H24N4O3S. The number of hydrogen-bond donors (Lipinski definition) is 1. The van der Waals surface area contributed by atoms with Crippen LogP contribution in [0.3, 0.4) is 0 Å². The van der Waals surface area contributed by atoms with Crippen LogP contribution in [0.15, 0.2) is 35.4 Å². The van der Waals surface area contributed by atoms with Crippen molar-refractivity contribution in [3.8, 4) is 11.3 Å². The summed E-state index contributed by atoms with van der Waals surface area (Å²) in [6, 6.07) is 9.94. The molecule has 0 aliphatic carbocycles. The summed E-state index contributed by atoms with van der Waals surface area (Å²) in [5.41, 5.74) is 3.69. The summed E-state index contributed by atoms with van der Waals surface area (Å²) in [5.74, 6) is 0. The molecule has 1 saturated heterocycles. The van der Waals surface area contributed by atoms with Crippen LogP contribution in [0.4, 0.5) is 9.93 Å². The molecule has 1 N–H and O–H groups in total. The molecule has 0 bridgehead atoms. The fourth-order valence-corrected chi connectivity index (χ4v) is 3.56. The zero-order valence-corrected chi connectivity index (χ0v) is 16.6. The summed E-state index contributed by atoms with van der Waals surface area (Å²) in [5, 5.41) is 4.97. The van der Waals surface area contributed by atoms with Gasteiger partial charge in [-0.05, 0) is 20.8 Å². The lowest BCUT2D eigenvalue weighted by Gasteiger charge is -2.26. The van der Waals surface area contributed by atoms with Gasteiger partial charge in [-0.15, -0.1) is 0 Å². The summed E-state index contributed by atoms with van der Waals surface area (Å²) in [6.07, 6.45) is 1.03. The van der Waals surface area contributed by atoms with E-state index in [0.717, 1.165) is 34.4 Å². The second-order valence-electron chi connectivity index (χ2n) is 7.05. The van der Waals surface area contributed by atoms with E-state index in [1.54, 1.807) is 17.6 Å². The Labute approximate surface area is 163 Å². The van der Waals surface area contributed by atoms with E-state index in [4.69, 9.17) is 14.5 Å². The molecule has 1 aromatic heterocycles. The molecule has 1 aliphatic rings. The molecule has 8 heteroatoms. The molecule has 3 rings (SSSR count). The third-order valence-corrected chi connectivity index (χ3v) is 4.76. The van der Waals surface area contributed by atoms with Crippen molar-refractivity contribution < 1.29 is 14.3 Å². The van der Waals surface area contributed by atoms with Gasteiger partial charge in [0.2, 0.25) is 0 Å². The second kappa shape index (κ2) is 8.49. The average molecular weight is 388 g/mol. The number of benzene rings is 1. The minimum absolute atomic E-state index is 0.567. The molecule has 1 aromatic carbocycles. The van der Waals surface area contributed by atoms with Crippen LogP contribution in [0, 0.1) is 0 Å². The molecular weight excluding hydrogens is 364 g/mol. The zero-order valence-electron chi connectivity index (χ0n) is 15.8. The van der Waals surface area contributed by atoms with Gasteiger partial charge in [0.15, 0.2) is 5.13 Å². The van der Waals surface area contributed by atoms with Crippen LogP contribution in [-0.4, -0.2) is 49.2 Å². The summed E-state index contributed by atoms with van der Waals surface area (Å²) in [4.78, 5) is 19.7. The highest BCUT2D eigenvalue weighted by Gasteiger charge is 2.19. The van der Waals surface area contributed by atoms with Crippen LogP contribution in [0.25, 0.3) is 11.3 Å². The zero-order chi connectivity index (χ0) is 19.3. The van der Waals surface area contributed by atoms with E-state index in [0.29, 0.717) is 13.2 Å². The maximum absolute atomic E-state index is 11.8. The topological polar surface area (TPSA) is 76.0 Å². The smallest absolute Gasteiger partial charge is 0.428 e. The lowest BCUT2D eigenvalue weighted by atomic mass is 10.1. The number of rotatable bonds is 4. The number of morpholine rings is 1. The van der Waals surface area contributed by atoms with Gasteiger partial charge in [0, 0.05) is 18.7 Å². The molecule has 0 unspecified atom stereocenters. The first-order valence-corrected chi connectivity index (χ1v) is 9.65. The Kier molecular flexibility index (Phi) is 6.08. The number of amides is 1. The van der Waals surface area contributed by atoms with Crippen molar-refractivity contribution in [3.63, 3.8) is 0 Å². The van der Waals surface area contributed by atoms with Gasteiger partial charge in [-0.25, -0.2) is 15.2 Å². The fraction of sp³-hybridized carbons (Fsp3) is 0.421. The van der Waals surface area contributed by atoms with Gasteiger partial charge in [0.1, 0.15) is 5.60 Å². The minimum Gasteiger partial charge on any atom is -0.443 e. The molecule has 7 nitrogen and oxygen atoms in total. The number of carbonyl (C=O) groups is 1. The third kappa shape index (κ3) is 5.51. The quantitative estimate of drug-likeness (QED) is 0.641. The Balaban J connectivity index is 1.80. The standard InChI is InChI=1S/C19H24N4O3S/c1-19(2,3)26-18(24)22-20-13-15-16(14-7-5-4-6-8-14)21-17(27-15)23-9-11-25-12-10-23/h4-8,13H,9-12H2,1-3H3,(H,22,24)/b20-13+. The van der Waals surface area contributed by atoms with Gasteiger partial charge in [-0.2, -0.15) is 5.10 Å². The first-order chi connectivity index (χ1) is 12.9. The molecule has 0 radical (unpaired) electrons. The maximum atomic E-state index is 11.8. The van der Waals surface area contributed by atoms with Crippen LogP contribution >= 0.6 is 11.3 Å². The number of hydrazone groups is 1. The number of carbonyl (C=O) groups excluding carboxylic acids is 1. The minimum atomic E-state index is -0.585. The van der Waals surface area contributed by atoms with E-state index >= 15 is 0 Å². The van der Waals surface area contributed by atoms with Crippen molar-refractivity contribution in [1.82, 2.24) is 10.4 Å². The van der Waals surface area contributed by atoms with E-state index < -0.39 is 11.7 Å². The van der Waals surface area contributed by atoms with E-state index in [-0.39, 0.29) is 0 Å². The Bertz CT molecular complexity index is 793. The number of nitrogens with zero attached hydrogens (tertiary/aromatic N) is 3. The SMILES string of the molecule is CC(C)(C)OC(=O)N/N=C/c1sc(N2CCOCC2)nc1-c1ccccc1. The molecule has 1 fully saturated rings. The van der Waals surface area contributed by atoms with E-state index in [2.05, 4.69) is 15.4 Å². The third-order valence-electron chi connectivity index (χ3n) is 3.71. The molecule has 0 spiro atoms. The predicted octanol–water partition coefficient (Wildman–Crippen LogP) is 3.51. The molecule has 1 aliphatic heterocycles. The van der Waals surface area contributed by atoms with Crippen molar-refractivity contribution in [2.75, 3.05) is 31.2 Å². The highest BCUT2D eigenvalue weighted by atomic mass is 32.1. The van der Waals surface area contributed by atoms with Crippen molar-refractivity contribution >= 4 is 28.8 Å². The van der Waals surface area contributed by atoms with Gasteiger partial charge in [-0.3, -0.25) is 0 Å². The van der Waals surface area contributed by atoms with Gasteiger partial charge in [0.25, 0.3) is 0 Å². The van der Waals surface area contributed by atoms with Gasteiger partial charge in [0.05, 0.1) is 30.0 Å². The number of thiazole rings is 1. The van der Waals surface area contributed by atoms with Crippen molar-refractivity contribution in [1.29, 1.82) is 0 Å². The summed E-state index contributed by atoms with van der Waals surface area (Å²) >= 11 is 1.54. The molecule has 2 aromatic rings. The maximum Gasteiger partial charge on any atom is 0.428 e. The van der Waals surface area contributed by atoms with Crippen LogP contribution in [0.1, 0.15) is 25.6 Å². The van der Waals surface area contributed by atoms with Gasteiger partial charge >= 0.3 is 6.09 Å². The number of ether oxygens (including phenoxy) is 2. The number of aromatic nitrogens is 1. The van der Waals surface area contributed by atoms with Crippen LogP contribution in [0.5, 0.6) is 0 Å². The number of hydrogen-bond acceptors (Lipinski definition) is 7. The van der Waals surface area contributed by atoms with Crippen molar-refractivity contribution in [3.05, 3.63) is 35.2 Å². The van der Waals surface area contributed by atoms with Crippen LogP contribution in [0.2, 0.25) is 0 Å². The van der Waals surface area contributed by atoms with Crippen molar-refractivity contribution in [2.45, 2.75) is 26.4 Å². The van der Waals surface area contributed by atoms with E-state index in [9.17, 15) is 4.79 Å². The summed E-state index contributed by atoms with van der Waals surface area (Å²) < 4.78 is 10.6. The molecule has 0 atom stereocenters. The molecule has 2 heterocycles. The number of nitrogens with one attached hydrogen (secondary N) is 1. The second-order valence-corrected chi connectivity index (χ2v) is 8.06. The average Bonchev–Trinajstić information content (AvgIpc) is 3.06. The summed E-state index contributed by atoms with van der Waals surface area (Å²) in [7, 11) is 0. The van der Waals surface area contributed by atoms with Gasteiger partial charge < -0.3 is 14.4 Å². The van der Waals surface area contributed by atoms with Crippen molar-refractivity contribution in [2.24, 2.45) is 5.10 Å². The Morgan fingerprint density at radius 3 is 2.67 bits per heavy atom. The Morgan fingerprint density at radius 2 is 2.00 bits per heavy atom. The molecule has 1 amide bonds. The molecule has 0 saturated carbocycles. The van der Waals surface area contributed by atoms with Crippen LogP contribution < -0.4 is 10.3 Å². The predicted molar refractivity (Wildman–Crippen MR) is 108 cm³/mol. The fourth-order valence-electron chi connectivity index (χ4n) is 2.54. The Morgan fingerprint density at radius 1 is 1.30 bits per heavy atom. The lowest BCUT2D eigenvalue weighted by molar-refractivity contribution is 0.0529. The monoisotopic (exact) mass is 388 g/mol.